The maximum absolute atomic E-state index is 12.2. The zero-order valence-corrected chi connectivity index (χ0v) is 16.1. The molecule has 2 aromatic rings. The van der Waals surface area contributed by atoms with Crippen LogP contribution in [0.2, 0.25) is 0 Å². The van der Waals surface area contributed by atoms with Gasteiger partial charge < -0.3 is 16.7 Å². The fraction of sp³-hybridized carbons (Fsp3) is 0.154. The molecule has 7 nitrogen and oxygen atoms in total. The first-order valence-corrected chi connectivity index (χ1v) is 7.18. The van der Waals surface area contributed by atoms with E-state index in [2.05, 4.69) is 27.8 Å². The van der Waals surface area contributed by atoms with Gasteiger partial charge in [-0.1, -0.05) is 5.10 Å². The predicted molar refractivity (Wildman–Crippen MR) is 78.3 cm³/mol. The molecule has 131 valence electrons. The Hall–Kier alpha value is -1.46. The maximum Gasteiger partial charge on any atom is 0.446 e. The van der Waals surface area contributed by atoms with Crippen molar-refractivity contribution in [2.24, 2.45) is 0 Å². The van der Waals surface area contributed by atoms with Gasteiger partial charge in [0.05, 0.1) is 0 Å². The first-order chi connectivity index (χ1) is 11.3. The fourth-order valence-electron chi connectivity index (χ4n) is 1.53. The van der Waals surface area contributed by atoms with E-state index in [1.54, 1.807) is 0 Å². The number of anilines is 1. The molecule has 0 fully saturated rings. The van der Waals surface area contributed by atoms with E-state index in [1.165, 1.54) is 12.1 Å². The number of rotatable bonds is 5. The second-order valence-electron chi connectivity index (χ2n) is 4.19. The van der Waals surface area contributed by atoms with Crippen LogP contribution in [-0.2, 0) is 32.7 Å². The van der Waals surface area contributed by atoms with E-state index >= 15 is 0 Å². The number of nitrogens with one attached hydrogen (secondary N) is 2. The first-order valence-electron chi connectivity index (χ1n) is 6.36. The van der Waals surface area contributed by atoms with Crippen LogP contribution in [0, 0.1) is 6.92 Å². The van der Waals surface area contributed by atoms with Gasteiger partial charge in [-0.3, -0.25) is 14.9 Å². The van der Waals surface area contributed by atoms with Crippen LogP contribution in [0.3, 0.4) is 0 Å². The van der Waals surface area contributed by atoms with Crippen molar-refractivity contribution in [3.63, 3.8) is 0 Å². The van der Waals surface area contributed by atoms with E-state index in [1.807, 2.05) is 0 Å². The van der Waals surface area contributed by atoms with Gasteiger partial charge in [-0.05, 0) is 36.0 Å². The second-order valence-corrected chi connectivity index (χ2v) is 5.33. The van der Waals surface area contributed by atoms with Gasteiger partial charge >= 0.3 is 23.3 Å². The van der Waals surface area contributed by atoms with Crippen molar-refractivity contribution in [3.8, 4) is 0 Å². The smallest absolute Gasteiger partial charge is 0.399 e. The van der Waals surface area contributed by atoms with Crippen molar-refractivity contribution in [1.29, 1.82) is 0 Å². The van der Waals surface area contributed by atoms with Crippen molar-refractivity contribution in [2.75, 3.05) is 11.9 Å². The van der Waals surface area contributed by atoms with E-state index in [4.69, 9.17) is 4.42 Å². The fourth-order valence-corrected chi connectivity index (χ4v) is 2.07. The molecule has 0 aliphatic carbocycles. The summed E-state index contributed by atoms with van der Waals surface area (Å²) < 4.78 is 41.6. The molecule has 2 amide bonds. The normalized spacial score (nSPS) is 10.7. The number of thioether (sulfide) groups is 1. The summed E-state index contributed by atoms with van der Waals surface area (Å²) in [7, 11) is 0. The molecular weight excluding hydrogens is 438 g/mol. The molecule has 0 bridgehead atoms. The van der Waals surface area contributed by atoms with Crippen LogP contribution in [0.4, 0.5) is 19.2 Å². The maximum atomic E-state index is 12.2. The molecule has 1 aromatic carbocycles. The third kappa shape index (κ3) is 6.75. The summed E-state index contributed by atoms with van der Waals surface area (Å²) in [5, 5.41) is 11.5. The van der Waals surface area contributed by atoms with Crippen LogP contribution in [0.5, 0.6) is 0 Å². The molecule has 12 heteroatoms. The monoisotopic (exact) mass is 448 g/mol. The van der Waals surface area contributed by atoms with Crippen molar-refractivity contribution in [1.82, 2.24) is 15.5 Å². The quantitative estimate of drug-likeness (QED) is 0.539. The zero-order chi connectivity index (χ0) is 17.7. The number of hydrogen-bond acceptors (Lipinski definition) is 6. The largest absolute Gasteiger partial charge is 0.446 e. The summed E-state index contributed by atoms with van der Waals surface area (Å²) in [6.45, 7) is 3.53. The molecule has 0 aliphatic heterocycles. The Morgan fingerprint density at radius 3 is 2.36 bits per heavy atom. The van der Waals surface area contributed by atoms with Crippen LogP contribution in [0.25, 0.3) is 0 Å². The minimum absolute atomic E-state index is 0. The minimum atomic E-state index is -4.40. The van der Waals surface area contributed by atoms with Gasteiger partial charge in [0.2, 0.25) is 0 Å². The number of carbonyl (C=O) groups excluding carboxylic acids is 2. The van der Waals surface area contributed by atoms with E-state index in [0.29, 0.717) is 0 Å². The average Bonchev–Trinajstić information content (AvgIpc) is 2.95. The molecule has 0 aliphatic rings. The Morgan fingerprint density at radius 2 is 1.80 bits per heavy atom. The molecule has 0 unspecified atom stereocenters. The molecule has 0 saturated heterocycles. The van der Waals surface area contributed by atoms with Gasteiger partial charge in [0, 0.05) is 43.2 Å². The number of amides is 2. The van der Waals surface area contributed by atoms with Crippen LogP contribution < -0.4 is 10.6 Å². The number of nitrogens with zero attached hydrogens (tertiary/aromatic N) is 2. The number of alkyl halides is 3. The average molecular weight is 448 g/mol. The van der Waals surface area contributed by atoms with E-state index in [0.717, 1.165) is 12.1 Å². The van der Waals surface area contributed by atoms with Crippen molar-refractivity contribution in [3.05, 3.63) is 42.6 Å². The van der Waals surface area contributed by atoms with Crippen molar-refractivity contribution >= 4 is 29.6 Å². The van der Waals surface area contributed by atoms with Gasteiger partial charge in [0.15, 0.2) is 0 Å². The van der Waals surface area contributed by atoms with Gasteiger partial charge in [-0.2, -0.15) is 13.2 Å². The van der Waals surface area contributed by atoms with Gasteiger partial charge in [-0.25, -0.2) is 0 Å². The van der Waals surface area contributed by atoms with E-state index in [9.17, 15) is 22.8 Å². The van der Waals surface area contributed by atoms with Crippen molar-refractivity contribution < 1.29 is 59.9 Å². The Kier molecular flexibility index (Phi) is 8.03. The third-order valence-electron chi connectivity index (χ3n) is 2.48. The SMILES string of the molecule is [CH2-]CNC(=O)c1nnc(NC(=O)c2ccc(SC(F)(F)F)cc2)o1.[Y]. The molecule has 0 atom stereocenters. The number of halogens is 3. The van der Waals surface area contributed by atoms with Crippen LogP contribution in [0.15, 0.2) is 33.6 Å². The topological polar surface area (TPSA) is 97.1 Å². The van der Waals surface area contributed by atoms with Crippen molar-refractivity contribution in [2.45, 2.75) is 10.4 Å². The summed E-state index contributed by atoms with van der Waals surface area (Å²) in [6, 6.07) is 4.44. The summed E-state index contributed by atoms with van der Waals surface area (Å²) in [4.78, 5) is 23.3. The summed E-state index contributed by atoms with van der Waals surface area (Å²) in [5.41, 5.74) is -4.32. The summed E-state index contributed by atoms with van der Waals surface area (Å²) in [5.74, 6) is -1.68. The standard InChI is InChI=1S/C13H10F3N4O3S.Y/c1-2-17-10(22)11-19-20-12(23-11)18-9(21)7-3-5-8(6-4-7)24-13(14,15)16;/h3-6H,1-2H2,(H,17,22)(H,18,20,21);/q-1;. The van der Waals surface area contributed by atoms with Crippen LogP contribution in [0.1, 0.15) is 21.0 Å². The molecule has 25 heavy (non-hydrogen) atoms. The zero-order valence-electron chi connectivity index (χ0n) is 12.5. The third-order valence-corrected chi connectivity index (χ3v) is 3.21. The molecule has 0 saturated carbocycles. The molecule has 1 radical (unpaired) electrons. The van der Waals surface area contributed by atoms with Gasteiger partial charge in [0.1, 0.15) is 0 Å². The first kappa shape index (κ1) is 21.6. The Balaban J connectivity index is 0.00000312. The van der Waals surface area contributed by atoms with Crippen LogP contribution in [-0.4, -0.2) is 34.1 Å². The molecule has 1 heterocycles. The molecule has 2 N–H and O–H groups in total. The van der Waals surface area contributed by atoms with Gasteiger partial charge in [-0.15, -0.1) is 11.6 Å². The molecular formula is C13H10F3N4O3SY-. The number of carbonyl (C=O) groups is 2. The Morgan fingerprint density at radius 1 is 1.16 bits per heavy atom. The van der Waals surface area contributed by atoms with E-state index in [-0.39, 0.29) is 73.4 Å². The van der Waals surface area contributed by atoms with E-state index < -0.39 is 17.3 Å². The summed E-state index contributed by atoms with van der Waals surface area (Å²) >= 11 is -0.286. The predicted octanol–water partition coefficient (Wildman–Crippen LogP) is 2.50. The Labute approximate surface area is 169 Å². The number of aromatic nitrogens is 2. The Bertz CT molecular complexity index is 737. The van der Waals surface area contributed by atoms with Gasteiger partial charge in [0.25, 0.3) is 5.91 Å². The minimum Gasteiger partial charge on any atom is -0.399 e. The molecule has 2 rings (SSSR count). The molecule has 1 aromatic heterocycles. The van der Waals surface area contributed by atoms with Crippen LogP contribution >= 0.6 is 11.8 Å². The number of hydrogen-bond donors (Lipinski definition) is 2. The summed E-state index contributed by atoms with van der Waals surface area (Å²) in [6.07, 6.45) is 0. The number of benzene rings is 1. The molecule has 0 spiro atoms. The second kappa shape index (κ2) is 9.30.